The van der Waals surface area contributed by atoms with Gasteiger partial charge < -0.3 is 15.2 Å². The average Bonchev–Trinajstić information content (AvgIpc) is 3.00. The summed E-state index contributed by atoms with van der Waals surface area (Å²) in [7, 11) is 0. The van der Waals surface area contributed by atoms with E-state index in [9.17, 15) is 14.4 Å². The molecule has 31 heavy (non-hydrogen) atoms. The Labute approximate surface area is 186 Å². The molecule has 1 aliphatic carbocycles. The number of nitrogens with one attached hydrogen (secondary N) is 2. The van der Waals surface area contributed by atoms with Crippen LogP contribution >= 0.6 is 11.3 Å². The molecule has 0 unspecified atom stereocenters. The van der Waals surface area contributed by atoms with Crippen LogP contribution < -0.4 is 10.9 Å². The maximum absolute atomic E-state index is 13.0. The number of aryl methyl sites for hydroxylation is 1. The quantitative estimate of drug-likeness (QED) is 0.696. The van der Waals surface area contributed by atoms with E-state index in [1.807, 2.05) is 17.2 Å². The third kappa shape index (κ3) is 5.06. The predicted octanol–water partition coefficient (Wildman–Crippen LogP) is 2.97. The molecule has 2 amide bonds. The van der Waals surface area contributed by atoms with Crippen LogP contribution in [0.15, 0.2) is 16.4 Å². The van der Waals surface area contributed by atoms with Crippen molar-refractivity contribution < 1.29 is 9.59 Å². The van der Waals surface area contributed by atoms with Gasteiger partial charge >= 0.3 is 0 Å². The smallest absolute Gasteiger partial charge is 0.261 e. The van der Waals surface area contributed by atoms with E-state index >= 15 is 0 Å². The SMILES string of the molecule is Cc1csc(CCNC(=O)c2c3c(c[nH]c2=O)CN(C(=O)C2CCCCCC2)CC3)n1. The van der Waals surface area contributed by atoms with Gasteiger partial charge in [-0.05, 0) is 37.3 Å². The molecule has 0 atom stereocenters. The van der Waals surface area contributed by atoms with Crippen molar-refractivity contribution in [2.24, 2.45) is 5.92 Å². The number of pyridine rings is 1. The van der Waals surface area contributed by atoms with Gasteiger partial charge in [-0.25, -0.2) is 4.98 Å². The molecule has 0 saturated heterocycles. The molecular formula is C23H30N4O3S. The Bertz CT molecular complexity index is 1000. The summed E-state index contributed by atoms with van der Waals surface area (Å²) in [5.41, 5.74) is 2.44. The highest BCUT2D eigenvalue weighted by atomic mass is 32.1. The van der Waals surface area contributed by atoms with E-state index in [-0.39, 0.29) is 28.9 Å². The van der Waals surface area contributed by atoms with Gasteiger partial charge in [-0.2, -0.15) is 0 Å². The highest BCUT2D eigenvalue weighted by Crippen LogP contribution is 2.27. The van der Waals surface area contributed by atoms with Crippen LogP contribution in [0.3, 0.4) is 0 Å². The van der Waals surface area contributed by atoms with E-state index in [0.717, 1.165) is 47.5 Å². The summed E-state index contributed by atoms with van der Waals surface area (Å²) in [6, 6.07) is 0. The molecule has 8 heteroatoms. The van der Waals surface area contributed by atoms with Crippen LogP contribution in [0, 0.1) is 12.8 Å². The molecule has 1 fully saturated rings. The Balaban J connectivity index is 1.43. The van der Waals surface area contributed by atoms with Crippen molar-refractivity contribution in [1.29, 1.82) is 0 Å². The fourth-order valence-electron chi connectivity index (χ4n) is 4.67. The van der Waals surface area contributed by atoms with Crippen LogP contribution in [0.1, 0.15) is 70.7 Å². The number of hydrogen-bond donors (Lipinski definition) is 2. The molecule has 0 aromatic carbocycles. The minimum absolute atomic E-state index is 0.115. The Hall–Kier alpha value is -2.48. The number of carbonyl (C=O) groups is 2. The molecule has 2 aliphatic rings. The zero-order valence-electron chi connectivity index (χ0n) is 18.0. The van der Waals surface area contributed by atoms with Crippen LogP contribution in [0.2, 0.25) is 0 Å². The molecule has 3 heterocycles. The fraction of sp³-hybridized carbons (Fsp3) is 0.565. The molecule has 166 valence electrons. The van der Waals surface area contributed by atoms with Gasteiger partial charge in [0.2, 0.25) is 5.91 Å². The van der Waals surface area contributed by atoms with Crippen molar-refractivity contribution >= 4 is 23.2 Å². The minimum Gasteiger partial charge on any atom is -0.351 e. The highest BCUT2D eigenvalue weighted by molar-refractivity contribution is 7.09. The van der Waals surface area contributed by atoms with Crippen LogP contribution in [0.25, 0.3) is 0 Å². The first-order valence-corrected chi connectivity index (χ1v) is 12.1. The number of aromatic amines is 1. The Kier molecular flexibility index (Phi) is 6.85. The van der Waals surface area contributed by atoms with Gasteiger partial charge in [0, 0.05) is 49.2 Å². The number of H-pyrrole nitrogens is 1. The van der Waals surface area contributed by atoms with Crippen molar-refractivity contribution in [3.05, 3.63) is 49.3 Å². The lowest BCUT2D eigenvalue weighted by atomic mass is 9.93. The second-order valence-electron chi connectivity index (χ2n) is 8.58. The van der Waals surface area contributed by atoms with Gasteiger partial charge in [0.05, 0.1) is 5.01 Å². The summed E-state index contributed by atoms with van der Waals surface area (Å²) in [6.45, 7) is 3.39. The normalized spacial score (nSPS) is 17.1. The maximum Gasteiger partial charge on any atom is 0.261 e. The summed E-state index contributed by atoms with van der Waals surface area (Å²) >= 11 is 1.57. The Morgan fingerprint density at radius 1 is 1.26 bits per heavy atom. The van der Waals surface area contributed by atoms with Crippen molar-refractivity contribution in [1.82, 2.24) is 20.2 Å². The van der Waals surface area contributed by atoms with Crippen molar-refractivity contribution in [3.63, 3.8) is 0 Å². The molecule has 4 rings (SSSR count). The average molecular weight is 443 g/mol. The van der Waals surface area contributed by atoms with Crippen molar-refractivity contribution in [2.75, 3.05) is 13.1 Å². The number of fused-ring (bicyclic) bond motifs is 1. The standard InChI is InChI=1S/C23H30N4O3S/c1-15-14-31-19(26-15)8-10-24-21(28)20-18-9-11-27(13-17(18)12-25-22(20)29)23(30)16-6-4-2-3-5-7-16/h12,14,16H,2-11,13H2,1H3,(H,24,28)(H,25,29). The number of hydrogen-bond acceptors (Lipinski definition) is 5. The molecule has 2 N–H and O–H groups in total. The first-order chi connectivity index (χ1) is 15.0. The zero-order valence-corrected chi connectivity index (χ0v) is 18.9. The van der Waals surface area contributed by atoms with Crippen molar-refractivity contribution in [2.45, 2.75) is 64.8 Å². The van der Waals surface area contributed by atoms with Crippen molar-refractivity contribution in [3.8, 4) is 0 Å². The van der Waals surface area contributed by atoms with E-state index in [0.29, 0.717) is 32.5 Å². The van der Waals surface area contributed by atoms with Gasteiger partial charge in [0.15, 0.2) is 0 Å². The second-order valence-corrected chi connectivity index (χ2v) is 9.53. The molecule has 0 spiro atoms. The summed E-state index contributed by atoms with van der Waals surface area (Å²) in [6.07, 6.45) is 9.47. The molecule has 0 radical (unpaired) electrons. The third-order valence-corrected chi connectivity index (χ3v) is 7.35. The summed E-state index contributed by atoms with van der Waals surface area (Å²) in [5.74, 6) is -0.0116. The molecule has 2 aromatic rings. The number of amides is 2. The fourth-order valence-corrected chi connectivity index (χ4v) is 5.45. The molecule has 1 aliphatic heterocycles. The first kappa shape index (κ1) is 21.7. The predicted molar refractivity (Wildman–Crippen MR) is 120 cm³/mol. The van der Waals surface area contributed by atoms with Gasteiger partial charge in [-0.3, -0.25) is 14.4 Å². The lowest BCUT2D eigenvalue weighted by Gasteiger charge is -2.32. The lowest BCUT2D eigenvalue weighted by Crippen LogP contribution is -2.42. The Morgan fingerprint density at radius 3 is 2.74 bits per heavy atom. The second kappa shape index (κ2) is 9.77. The van der Waals surface area contributed by atoms with Gasteiger partial charge in [0.25, 0.3) is 11.5 Å². The summed E-state index contributed by atoms with van der Waals surface area (Å²) in [5, 5.41) is 5.82. The van der Waals surface area contributed by atoms with Crippen LogP contribution in [-0.4, -0.2) is 39.8 Å². The van der Waals surface area contributed by atoms with E-state index in [1.54, 1.807) is 17.5 Å². The van der Waals surface area contributed by atoms with Gasteiger partial charge in [0.1, 0.15) is 5.56 Å². The highest BCUT2D eigenvalue weighted by Gasteiger charge is 2.30. The van der Waals surface area contributed by atoms with Crippen LogP contribution in [0.4, 0.5) is 0 Å². The van der Waals surface area contributed by atoms with E-state index in [2.05, 4.69) is 15.3 Å². The molecule has 2 aromatic heterocycles. The lowest BCUT2D eigenvalue weighted by molar-refractivity contribution is -0.136. The van der Waals surface area contributed by atoms with Crippen LogP contribution in [0.5, 0.6) is 0 Å². The monoisotopic (exact) mass is 442 g/mol. The van der Waals surface area contributed by atoms with E-state index in [4.69, 9.17) is 0 Å². The van der Waals surface area contributed by atoms with Crippen LogP contribution in [-0.2, 0) is 24.2 Å². The number of carbonyl (C=O) groups excluding carboxylic acids is 2. The third-order valence-electron chi connectivity index (χ3n) is 6.32. The zero-order chi connectivity index (χ0) is 21.8. The Morgan fingerprint density at radius 2 is 2.03 bits per heavy atom. The molecule has 7 nitrogen and oxygen atoms in total. The number of nitrogens with zero attached hydrogens (tertiary/aromatic N) is 2. The van der Waals surface area contributed by atoms with E-state index < -0.39 is 0 Å². The number of rotatable bonds is 5. The number of thiazole rings is 1. The molecule has 1 saturated carbocycles. The van der Waals surface area contributed by atoms with E-state index in [1.165, 1.54) is 12.8 Å². The van der Waals surface area contributed by atoms with Gasteiger partial charge in [-0.1, -0.05) is 25.7 Å². The maximum atomic E-state index is 13.0. The minimum atomic E-state index is -0.370. The topological polar surface area (TPSA) is 95.2 Å². The molecule has 0 bridgehead atoms. The molecular weight excluding hydrogens is 412 g/mol. The summed E-state index contributed by atoms with van der Waals surface area (Å²) < 4.78 is 0. The largest absolute Gasteiger partial charge is 0.351 e. The number of aromatic nitrogens is 2. The summed E-state index contributed by atoms with van der Waals surface area (Å²) in [4.78, 5) is 47.3. The van der Waals surface area contributed by atoms with Gasteiger partial charge in [-0.15, -0.1) is 11.3 Å². The first-order valence-electron chi connectivity index (χ1n) is 11.2.